The number of rotatable bonds is 8. The van der Waals surface area contributed by atoms with E-state index in [0.717, 1.165) is 32.0 Å². The predicted molar refractivity (Wildman–Crippen MR) is 111 cm³/mol. The molecule has 1 aliphatic rings. The third-order valence-corrected chi connectivity index (χ3v) is 4.33. The second-order valence-corrected chi connectivity index (χ2v) is 7.86. The molecule has 1 aliphatic heterocycles. The summed E-state index contributed by atoms with van der Waals surface area (Å²) in [6.07, 6.45) is 0.896. The topological polar surface area (TPSA) is 60.9 Å². The zero-order valence-corrected chi connectivity index (χ0v) is 17.3. The third-order valence-electron chi connectivity index (χ3n) is 4.33. The van der Waals surface area contributed by atoms with E-state index in [1.54, 1.807) is 12.1 Å². The third kappa shape index (κ3) is 7.50. The Morgan fingerprint density at radius 1 is 1.32 bits per heavy atom. The van der Waals surface area contributed by atoms with E-state index in [9.17, 15) is 8.78 Å². The molecular weight excluding hydrogens is 364 g/mol. The first-order valence-corrected chi connectivity index (χ1v) is 9.87. The number of para-hydroxylation sites is 2. The molecule has 0 radical (unpaired) electrons. The van der Waals surface area contributed by atoms with E-state index in [2.05, 4.69) is 51.4 Å². The standard InChI is InChI=1S/C20H33F2N5O/c1-5-23-19(24-11-12-25-20(2,3)4)26-15-10-13-27(14-15)16-8-6-7-9-17(16)28-18(21)22/h6-9,15,18,25H,5,10-14H2,1-4H3,(H2,23,24,26). The van der Waals surface area contributed by atoms with Crippen molar-refractivity contribution in [1.29, 1.82) is 0 Å². The number of hydrogen-bond acceptors (Lipinski definition) is 4. The van der Waals surface area contributed by atoms with Crippen molar-refractivity contribution in [3.05, 3.63) is 24.3 Å². The van der Waals surface area contributed by atoms with E-state index in [1.165, 1.54) is 0 Å². The highest BCUT2D eigenvalue weighted by Crippen LogP contribution is 2.31. The highest BCUT2D eigenvalue weighted by Gasteiger charge is 2.26. The number of anilines is 1. The maximum atomic E-state index is 12.7. The van der Waals surface area contributed by atoms with Gasteiger partial charge in [-0.05, 0) is 46.2 Å². The molecule has 28 heavy (non-hydrogen) atoms. The Balaban J connectivity index is 1.93. The smallest absolute Gasteiger partial charge is 0.387 e. The monoisotopic (exact) mass is 397 g/mol. The van der Waals surface area contributed by atoms with Crippen molar-refractivity contribution < 1.29 is 13.5 Å². The maximum absolute atomic E-state index is 12.7. The highest BCUT2D eigenvalue weighted by molar-refractivity contribution is 5.80. The molecule has 3 N–H and O–H groups in total. The van der Waals surface area contributed by atoms with Crippen molar-refractivity contribution >= 4 is 11.6 Å². The Labute approximate surface area is 166 Å². The Morgan fingerprint density at radius 2 is 2.07 bits per heavy atom. The van der Waals surface area contributed by atoms with Gasteiger partial charge in [-0.2, -0.15) is 8.78 Å². The van der Waals surface area contributed by atoms with Crippen molar-refractivity contribution in [2.24, 2.45) is 4.99 Å². The predicted octanol–water partition coefficient (Wildman–Crippen LogP) is 2.81. The SMILES string of the molecule is CCNC(=NCCNC(C)(C)C)NC1CCN(c2ccccc2OC(F)F)C1. The minimum atomic E-state index is -2.83. The molecule has 1 aromatic rings. The average Bonchev–Trinajstić information content (AvgIpc) is 3.06. The number of ether oxygens (including phenoxy) is 1. The summed E-state index contributed by atoms with van der Waals surface area (Å²) in [6.45, 7) is 9.31. The second kappa shape index (κ2) is 10.5. The summed E-state index contributed by atoms with van der Waals surface area (Å²) in [4.78, 5) is 6.69. The van der Waals surface area contributed by atoms with E-state index >= 15 is 0 Å². The first-order valence-electron chi connectivity index (χ1n) is 9.87. The highest BCUT2D eigenvalue weighted by atomic mass is 19.3. The molecule has 158 valence electrons. The van der Waals surface area contributed by atoms with Gasteiger partial charge in [-0.15, -0.1) is 0 Å². The molecule has 1 saturated heterocycles. The Hall–Kier alpha value is -2.09. The molecule has 0 aromatic heterocycles. The Morgan fingerprint density at radius 3 is 2.75 bits per heavy atom. The van der Waals surface area contributed by atoms with Crippen LogP contribution < -0.4 is 25.6 Å². The molecule has 1 unspecified atom stereocenters. The molecule has 0 amide bonds. The van der Waals surface area contributed by atoms with Gasteiger partial charge in [0.15, 0.2) is 5.96 Å². The molecular formula is C20H33F2N5O. The molecule has 0 spiro atoms. The number of benzene rings is 1. The van der Waals surface area contributed by atoms with Crippen LogP contribution in [-0.2, 0) is 0 Å². The van der Waals surface area contributed by atoms with Crippen LogP contribution in [0.25, 0.3) is 0 Å². The van der Waals surface area contributed by atoms with Gasteiger partial charge in [0.25, 0.3) is 0 Å². The first kappa shape index (κ1) is 22.2. The Kier molecular flexibility index (Phi) is 8.29. The van der Waals surface area contributed by atoms with Gasteiger partial charge < -0.3 is 25.6 Å². The van der Waals surface area contributed by atoms with Crippen molar-refractivity contribution in [3.63, 3.8) is 0 Å². The normalized spacial score (nSPS) is 17.9. The fourth-order valence-electron chi connectivity index (χ4n) is 3.12. The van der Waals surface area contributed by atoms with Crippen LogP contribution in [0.15, 0.2) is 29.3 Å². The quantitative estimate of drug-likeness (QED) is 0.358. The number of aliphatic imine (C=N–C) groups is 1. The molecule has 1 aromatic carbocycles. The first-order chi connectivity index (χ1) is 13.3. The molecule has 0 saturated carbocycles. The number of halogens is 2. The molecule has 2 rings (SSSR count). The summed E-state index contributed by atoms with van der Waals surface area (Å²) < 4.78 is 30.0. The lowest BCUT2D eigenvalue weighted by Gasteiger charge is -2.23. The summed E-state index contributed by atoms with van der Waals surface area (Å²) in [7, 11) is 0. The number of nitrogens with zero attached hydrogens (tertiary/aromatic N) is 2. The molecule has 8 heteroatoms. The number of hydrogen-bond donors (Lipinski definition) is 3. The van der Waals surface area contributed by atoms with Gasteiger partial charge >= 0.3 is 6.61 Å². The maximum Gasteiger partial charge on any atom is 0.387 e. The summed E-state index contributed by atoms with van der Waals surface area (Å²) >= 11 is 0. The molecule has 1 atom stereocenters. The fourth-order valence-corrected chi connectivity index (χ4v) is 3.12. The van der Waals surface area contributed by atoms with Crippen LogP contribution in [0.2, 0.25) is 0 Å². The van der Waals surface area contributed by atoms with E-state index in [1.807, 2.05) is 19.1 Å². The lowest BCUT2D eigenvalue weighted by Crippen LogP contribution is -2.45. The van der Waals surface area contributed by atoms with Crippen LogP contribution >= 0.6 is 0 Å². The van der Waals surface area contributed by atoms with E-state index < -0.39 is 6.61 Å². The van der Waals surface area contributed by atoms with Gasteiger partial charge in [0.1, 0.15) is 5.75 Å². The zero-order valence-electron chi connectivity index (χ0n) is 17.3. The lowest BCUT2D eigenvalue weighted by molar-refractivity contribution is -0.0495. The molecule has 0 bridgehead atoms. The van der Waals surface area contributed by atoms with Crippen LogP contribution in [0.5, 0.6) is 5.75 Å². The number of alkyl halides is 2. The molecule has 6 nitrogen and oxygen atoms in total. The fraction of sp³-hybridized carbons (Fsp3) is 0.650. The largest absolute Gasteiger partial charge is 0.433 e. The minimum Gasteiger partial charge on any atom is -0.433 e. The van der Waals surface area contributed by atoms with Crippen LogP contribution in [0.3, 0.4) is 0 Å². The van der Waals surface area contributed by atoms with Gasteiger partial charge in [0.05, 0.1) is 12.2 Å². The van der Waals surface area contributed by atoms with E-state index in [-0.39, 0.29) is 17.3 Å². The zero-order chi connectivity index (χ0) is 20.6. The lowest BCUT2D eigenvalue weighted by atomic mass is 10.1. The van der Waals surface area contributed by atoms with Gasteiger partial charge in [-0.25, -0.2) is 0 Å². The van der Waals surface area contributed by atoms with Gasteiger partial charge in [-0.1, -0.05) is 12.1 Å². The van der Waals surface area contributed by atoms with Crippen LogP contribution in [0, 0.1) is 0 Å². The van der Waals surface area contributed by atoms with Crippen molar-refractivity contribution in [2.45, 2.75) is 52.3 Å². The average molecular weight is 398 g/mol. The molecule has 1 fully saturated rings. The van der Waals surface area contributed by atoms with Crippen molar-refractivity contribution in [1.82, 2.24) is 16.0 Å². The summed E-state index contributed by atoms with van der Waals surface area (Å²) in [5.41, 5.74) is 0.768. The van der Waals surface area contributed by atoms with Crippen LogP contribution in [-0.4, -0.2) is 56.9 Å². The van der Waals surface area contributed by atoms with Crippen LogP contribution in [0.1, 0.15) is 34.1 Å². The van der Waals surface area contributed by atoms with Crippen LogP contribution in [0.4, 0.5) is 14.5 Å². The summed E-state index contributed by atoms with van der Waals surface area (Å²) in [5.74, 6) is 0.995. The van der Waals surface area contributed by atoms with Crippen molar-refractivity contribution in [2.75, 3.05) is 37.6 Å². The van der Waals surface area contributed by atoms with Gasteiger partial charge in [-0.3, -0.25) is 4.99 Å². The minimum absolute atomic E-state index is 0.0704. The molecule has 1 heterocycles. The summed E-state index contributed by atoms with van der Waals surface area (Å²) in [6, 6.07) is 7.12. The van der Waals surface area contributed by atoms with Gasteiger partial charge in [0.2, 0.25) is 0 Å². The van der Waals surface area contributed by atoms with Gasteiger partial charge in [0, 0.05) is 37.8 Å². The number of nitrogens with one attached hydrogen (secondary N) is 3. The second-order valence-electron chi connectivity index (χ2n) is 7.86. The van der Waals surface area contributed by atoms with E-state index in [4.69, 9.17) is 0 Å². The number of guanidine groups is 1. The van der Waals surface area contributed by atoms with Crippen molar-refractivity contribution in [3.8, 4) is 5.75 Å². The molecule has 0 aliphatic carbocycles. The summed E-state index contributed by atoms with van der Waals surface area (Å²) in [5, 5.41) is 10.1. The Bertz CT molecular complexity index is 633. The van der Waals surface area contributed by atoms with E-state index in [0.29, 0.717) is 18.8 Å².